The smallest absolute Gasteiger partial charge is 0.320 e. The predicted molar refractivity (Wildman–Crippen MR) is 47.7 cm³/mol. The third-order valence-electron chi connectivity index (χ3n) is 2.10. The van der Waals surface area contributed by atoms with Crippen molar-refractivity contribution in [2.45, 2.75) is 32.2 Å². The van der Waals surface area contributed by atoms with Crippen LogP contribution in [0.3, 0.4) is 0 Å². The molecule has 0 rings (SSSR count). The average molecular weight is 174 g/mol. The summed E-state index contributed by atoms with van der Waals surface area (Å²) in [6.07, 6.45) is 2.45. The zero-order valence-electron chi connectivity index (χ0n) is 7.49. The first-order valence-electron chi connectivity index (χ1n) is 4.31. The molecule has 0 saturated heterocycles. The monoisotopic (exact) mass is 174 g/mol. The molecule has 0 aliphatic rings. The maximum Gasteiger partial charge on any atom is 0.320 e. The molecule has 0 aromatic rings. The lowest BCUT2D eigenvalue weighted by Crippen LogP contribution is -2.37. The third kappa shape index (κ3) is 3.69. The fourth-order valence-electron chi connectivity index (χ4n) is 1.22. The fourth-order valence-corrected chi connectivity index (χ4v) is 1.22. The second-order valence-electron chi connectivity index (χ2n) is 2.96. The molecule has 0 amide bonds. The van der Waals surface area contributed by atoms with Gasteiger partial charge in [0.05, 0.1) is 0 Å². The molecular formula is C8H18N2O2. The molecule has 0 aromatic carbocycles. The Morgan fingerprint density at radius 3 is 2.50 bits per heavy atom. The summed E-state index contributed by atoms with van der Waals surface area (Å²) < 4.78 is 0. The molecule has 0 spiro atoms. The largest absolute Gasteiger partial charge is 0.480 e. The first-order chi connectivity index (χ1) is 5.63. The van der Waals surface area contributed by atoms with Crippen LogP contribution in [0.15, 0.2) is 0 Å². The fraction of sp³-hybridized carbons (Fsp3) is 0.875. The van der Waals surface area contributed by atoms with Gasteiger partial charge in [0.25, 0.3) is 0 Å². The van der Waals surface area contributed by atoms with Crippen molar-refractivity contribution in [2.75, 3.05) is 6.54 Å². The molecule has 0 saturated carbocycles. The summed E-state index contributed by atoms with van der Waals surface area (Å²) in [6.45, 7) is 2.55. The van der Waals surface area contributed by atoms with Crippen molar-refractivity contribution in [3.05, 3.63) is 0 Å². The summed E-state index contributed by atoms with van der Waals surface area (Å²) in [7, 11) is 0. The van der Waals surface area contributed by atoms with Gasteiger partial charge in [0.1, 0.15) is 6.04 Å². The van der Waals surface area contributed by atoms with Crippen molar-refractivity contribution >= 4 is 5.97 Å². The molecule has 0 aliphatic heterocycles. The second kappa shape index (κ2) is 5.97. The summed E-state index contributed by atoms with van der Waals surface area (Å²) in [5, 5.41) is 8.63. The number of carboxylic acids is 1. The SMILES string of the molecule is CCC(CCCN)C(N)C(=O)O. The van der Waals surface area contributed by atoms with E-state index in [2.05, 4.69) is 0 Å². The molecule has 0 aromatic heterocycles. The predicted octanol–water partition coefficient (Wildman–Crippen LogP) is 0.163. The average Bonchev–Trinajstić information content (AvgIpc) is 2.05. The van der Waals surface area contributed by atoms with E-state index in [0.717, 1.165) is 19.3 Å². The molecule has 5 N–H and O–H groups in total. The summed E-state index contributed by atoms with van der Waals surface area (Å²) in [5.74, 6) is -0.857. The van der Waals surface area contributed by atoms with Crippen LogP contribution in [0, 0.1) is 5.92 Å². The van der Waals surface area contributed by atoms with Crippen LogP contribution in [0.5, 0.6) is 0 Å². The van der Waals surface area contributed by atoms with Crippen molar-refractivity contribution < 1.29 is 9.90 Å². The highest BCUT2D eigenvalue weighted by Gasteiger charge is 2.21. The molecule has 0 fully saturated rings. The Kier molecular flexibility index (Phi) is 5.66. The lowest BCUT2D eigenvalue weighted by Gasteiger charge is -2.18. The maximum absolute atomic E-state index is 10.5. The Labute approximate surface area is 72.9 Å². The van der Waals surface area contributed by atoms with Crippen molar-refractivity contribution in [3.63, 3.8) is 0 Å². The van der Waals surface area contributed by atoms with Gasteiger partial charge in [-0.25, -0.2) is 0 Å². The van der Waals surface area contributed by atoms with Crippen LogP contribution < -0.4 is 11.5 Å². The van der Waals surface area contributed by atoms with Gasteiger partial charge in [-0.1, -0.05) is 13.3 Å². The minimum Gasteiger partial charge on any atom is -0.480 e. The van der Waals surface area contributed by atoms with Gasteiger partial charge in [-0.15, -0.1) is 0 Å². The first-order valence-corrected chi connectivity index (χ1v) is 4.31. The van der Waals surface area contributed by atoms with Gasteiger partial charge in [0.15, 0.2) is 0 Å². The van der Waals surface area contributed by atoms with Gasteiger partial charge >= 0.3 is 5.97 Å². The molecule has 2 unspecified atom stereocenters. The zero-order chi connectivity index (χ0) is 9.56. The molecule has 4 heteroatoms. The second-order valence-corrected chi connectivity index (χ2v) is 2.96. The molecule has 4 nitrogen and oxygen atoms in total. The highest BCUT2D eigenvalue weighted by Crippen LogP contribution is 2.13. The van der Waals surface area contributed by atoms with E-state index in [-0.39, 0.29) is 5.92 Å². The van der Waals surface area contributed by atoms with E-state index in [0.29, 0.717) is 6.54 Å². The van der Waals surface area contributed by atoms with E-state index >= 15 is 0 Å². The zero-order valence-corrected chi connectivity index (χ0v) is 7.49. The number of carboxylic acid groups (broad SMARTS) is 1. The van der Waals surface area contributed by atoms with Crippen molar-refractivity contribution in [2.24, 2.45) is 17.4 Å². The lowest BCUT2D eigenvalue weighted by molar-refractivity contribution is -0.140. The van der Waals surface area contributed by atoms with Crippen LogP contribution in [-0.2, 0) is 4.79 Å². The maximum atomic E-state index is 10.5. The van der Waals surface area contributed by atoms with Gasteiger partial charge in [0.2, 0.25) is 0 Å². The Morgan fingerprint density at radius 1 is 1.58 bits per heavy atom. The third-order valence-corrected chi connectivity index (χ3v) is 2.10. The molecule has 12 heavy (non-hydrogen) atoms. The van der Waals surface area contributed by atoms with Crippen molar-refractivity contribution in [1.29, 1.82) is 0 Å². The number of hydrogen-bond acceptors (Lipinski definition) is 3. The first kappa shape index (κ1) is 11.4. The number of carbonyl (C=O) groups is 1. The van der Waals surface area contributed by atoms with E-state index in [1.807, 2.05) is 6.92 Å². The Hall–Kier alpha value is -0.610. The Bertz CT molecular complexity index is 139. The number of aliphatic carboxylic acids is 1. The van der Waals surface area contributed by atoms with E-state index in [9.17, 15) is 4.79 Å². The van der Waals surface area contributed by atoms with E-state index in [1.165, 1.54) is 0 Å². The van der Waals surface area contributed by atoms with Crippen molar-refractivity contribution in [3.8, 4) is 0 Å². The molecule has 2 atom stereocenters. The molecule has 0 bridgehead atoms. The van der Waals surface area contributed by atoms with Crippen LogP contribution in [-0.4, -0.2) is 23.7 Å². The Balaban J connectivity index is 3.87. The van der Waals surface area contributed by atoms with Gasteiger partial charge < -0.3 is 16.6 Å². The molecule has 0 radical (unpaired) electrons. The minimum atomic E-state index is -0.918. The summed E-state index contributed by atoms with van der Waals surface area (Å²) in [4.78, 5) is 10.5. The molecule has 72 valence electrons. The normalized spacial score (nSPS) is 15.6. The van der Waals surface area contributed by atoms with Crippen LogP contribution in [0.4, 0.5) is 0 Å². The summed E-state index contributed by atoms with van der Waals surface area (Å²) in [6, 6.07) is -0.735. The van der Waals surface area contributed by atoms with Gasteiger partial charge in [-0.2, -0.15) is 0 Å². The number of nitrogens with two attached hydrogens (primary N) is 2. The van der Waals surface area contributed by atoms with Crippen LogP contribution >= 0.6 is 0 Å². The standard InChI is InChI=1S/C8H18N2O2/c1-2-6(4-3-5-9)7(10)8(11)12/h6-7H,2-5,9-10H2,1H3,(H,11,12). The highest BCUT2D eigenvalue weighted by atomic mass is 16.4. The number of rotatable bonds is 6. The quantitative estimate of drug-likeness (QED) is 0.535. The van der Waals surface area contributed by atoms with E-state index in [4.69, 9.17) is 16.6 Å². The minimum absolute atomic E-state index is 0.0612. The summed E-state index contributed by atoms with van der Waals surface area (Å²) in [5.41, 5.74) is 10.8. The van der Waals surface area contributed by atoms with Gasteiger partial charge in [-0.05, 0) is 25.3 Å². The highest BCUT2D eigenvalue weighted by molar-refractivity contribution is 5.73. The Morgan fingerprint density at radius 2 is 2.17 bits per heavy atom. The van der Waals surface area contributed by atoms with Crippen molar-refractivity contribution in [1.82, 2.24) is 0 Å². The van der Waals surface area contributed by atoms with Crippen LogP contribution in [0.1, 0.15) is 26.2 Å². The summed E-state index contributed by atoms with van der Waals surface area (Å²) >= 11 is 0. The molecule has 0 aliphatic carbocycles. The van der Waals surface area contributed by atoms with Gasteiger partial charge in [0, 0.05) is 0 Å². The van der Waals surface area contributed by atoms with Gasteiger partial charge in [-0.3, -0.25) is 4.79 Å². The van der Waals surface area contributed by atoms with E-state index < -0.39 is 12.0 Å². The topological polar surface area (TPSA) is 89.3 Å². The van der Waals surface area contributed by atoms with E-state index in [1.54, 1.807) is 0 Å². The van der Waals surface area contributed by atoms with Crippen LogP contribution in [0.2, 0.25) is 0 Å². The molecular weight excluding hydrogens is 156 g/mol. The van der Waals surface area contributed by atoms with Crippen LogP contribution in [0.25, 0.3) is 0 Å². The lowest BCUT2D eigenvalue weighted by atomic mass is 9.93. The number of hydrogen-bond donors (Lipinski definition) is 3. The molecule has 0 heterocycles.